The summed E-state index contributed by atoms with van der Waals surface area (Å²) < 4.78 is 5.37. The van der Waals surface area contributed by atoms with Crippen molar-refractivity contribution >= 4 is 28.8 Å². The highest BCUT2D eigenvalue weighted by atomic mass is 35.5. The standard InChI is InChI=1S/C14H14ClNO2S/c1-18-13(11-5-6-19-9-11)8-16-14(17)10-3-2-4-12(15)7-10/h2-7,9,13H,8H2,1H3,(H,16,17). The predicted octanol–water partition coefficient (Wildman–Crippen LogP) is 3.52. The van der Waals surface area contributed by atoms with E-state index < -0.39 is 0 Å². The van der Waals surface area contributed by atoms with Crippen LogP contribution in [0.15, 0.2) is 41.1 Å². The summed E-state index contributed by atoms with van der Waals surface area (Å²) in [4.78, 5) is 12.0. The Morgan fingerprint density at radius 2 is 2.32 bits per heavy atom. The molecule has 1 aromatic heterocycles. The molecule has 19 heavy (non-hydrogen) atoms. The fraction of sp³-hybridized carbons (Fsp3) is 0.214. The number of carbonyl (C=O) groups excluding carboxylic acids is 1. The number of thiophene rings is 1. The second-order valence-corrected chi connectivity index (χ2v) is 5.22. The topological polar surface area (TPSA) is 38.3 Å². The first-order chi connectivity index (χ1) is 9.20. The van der Waals surface area contributed by atoms with E-state index >= 15 is 0 Å². The molecule has 0 spiro atoms. The number of methoxy groups -OCH3 is 1. The Kier molecular flexibility index (Phi) is 4.96. The van der Waals surface area contributed by atoms with E-state index in [1.165, 1.54) is 0 Å². The first kappa shape index (κ1) is 14.1. The van der Waals surface area contributed by atoms with Gasteiger partial charge in [-0.1, -0.05) is 17.7 Å². The molecule has 3 nitrogen and oxygen atoms in total. The third-order valence-electron chi connectivity index (χ3n) is 2.73. The average molecular weight is 296 g/mol. The number of rotatable bonds is 5. The third-order valence-corrected chi connectivity index (χ3v) is 3.67. The van der Waals surface area contributed by atoms with Crippen LogP contribution in [0.3, 0.4) is 0 Å². The van der Waals surface area contributed by atoms with Crippen molar-refractivity contribution < 1.29 is 9.53 Å². The van der Waals surface area contributed by atoms with Gasteiger partial charge in [0.2, 0.25) is 0 Å². The molecule has 1 amide bonds. The number of halogens is 1. The summed E-state index contributed by atoms with van der Waals surface area (Å²) in [5.74, 6) is -0.153. The largest absolute Gasteiger partial charge is 0.375 e. The van der Waals surface area contributed by atoms with Crippen LogP contribution in [0.4, 0.5) is 0 Å². The molecule has 0 aliphatic heterocycles. The van der Waals surface area contributed by atoms with Gasteiger partial charge in [-0.2, -0.15) is 11.3 Å². The number of amides is 1. The summed E-state index contributed by atoms with van der Waals surface area (Å²) in [6.07, 6.45) is -0.130. The van der Waals surface area contributed by atoms with E-state index in [2.05, 4.69) is 5.32 Å². The summed E-state index contributed by atoms with van der Waals surface area (Å²) in [6.45, 7) is 0.429. The van der Waals surface area contributed by atoms with Gasteiger partial charge in [0.25, 0.3) is 5.91 Å². The minimum Gasteiger partial charge on any atom is -0.375 e. The number of hydrogen-bond donors (Lipinski definition) is 1. The Labute approximate surface area is 121 Å². The highest BCUT2D eigenvalue weighted by Gasteiger charge is 2.13. The second kappa shape index (κ2) is 6.70. The molecular weight excluding hydrogens is 282 g/mol. The predicted molar refractivity (Wildman–Crippen MR) is 77.9 cm³/mol. The second-order valence-electron chi connectivity index (χ2n) is 4.00. The fourth-order valence-corrected chi connectivity index (χ4v) is 2.60. The van der Waals surface area contributed by atoms with Crippen LogP contribution >= 0.6 is 22.9 Å². The lowest BCUT2D eigenvalue weighted by molar-refractivity contribution is 0.0829. The van der Waals surface area contributed by atoms with E-state index in [0.29, 0.717) is 17.1 Å². The number of benzene rings is 1. The first-order valence-electron chi connectivity index (χ1n) is 5.79. The van der Waals surface area contributed by atoms with Gasteiger partial charge in [0.1, 0.15) is 6.10 Å². The average Bonchev–Trinajstić information content (AvgIpc) is 2.93. The van der Waals surface area contributed by atoms with E-state index in [9.17, 15) is 4.79 Å². The zero-order valence-corrected chi connectivity index (χ0v) is 12.0. The number of nitrogens with one attached hydrogen (secondary N) is 1. The molecule has 1 N–H and O–H groups in total. The zero-order valence-electron chi connectivity index (χ0n) is 10.4. The van der Waals surface area contributed by atoms with Gasteiger partial charge in [-0.25, -0.2) is 0 Å². The quantitative estimate of drug-likeness (QED) is 0.916. The maximum Gasteiger partial charge on any atom is 0.251 e. The zero-order chi connectivity index (χ0) is 13.7. The number of ether oxygens (including phenoxy) is 1. The van der Waals surface area contributed by atoms with E-state index in [1.807, 2.05) is 16.8 Å². The normalized spacial score (nSPS) is 12.1. The molecule has 0 fully saturated rings. The van der Waals surface area contributed by atoms with Crippen LogP contribution in [-0.4, -0.2) is 19.6 Å². The molecule has 0 bridgehead atoms. The van der Waals surface area contributed by atoms with Crippen LogP contribution in [0.25, 0.3) is 0 Å². The molecule has 1 aromatic carbocycles. The van der Waals surface area contributed by atoms with Crippen LogP contribution < -0.4 is 5.32 Å². The van der Waals surface area contributed by atoms with E-state index in [0.717, 1.165) is 5.56 Å². The van der Waals surface area contributed by atoms with Crippen LogP contribution in [0.2, 0.25) is 5.02 Å². The van der Waals surface area contributed by atoms with Crippen molar-refractivity contribution in [2.24, 2.45) is 0 Å². The van der Waals surface area contributed by atoms with Crippen molar-refractivity contribution in [1.82, 2.24) is 5.32 Å². The van der Waals surface area contributed by atoms with E-state index in [1.54, 1.807) is 42.7 Å². The van der Waals surface area contributed by atoms with Crippen LogP contribution in [0, 0.1) is 0 Å². The molecule has 5 heteroatoms. The summed E-state index contributed by atoms with van der Waals surface area (Å²) in [5, 5.41) is 7.40. The highest BCUT2D eigenvalue weighted by Crippen LogP contribution is 2.18. The Bertz CT molecular complexity index is 542. The summed E-state index contributed by atoms with van der Waals surface area (Å²) in [5.41, 5.74) is 1.62. The molecular formula is C14H14ClNO2S. The molecule has 2 aromatic rings. The van der Waals surface area contributed by atoms with Gasteiger partial charge >= 0.3 is 0 Å². The lowest BCUT2D eigenvalue weighted by Gasteiger charge is -2.15. The van der Waals surface area contributed by atoms with Crippen molar-refractivity contribution in [1.29, 1.82) is 0 Å². The fourth-order valence-electron chi connectivity index (χ4n) is 1.71. The Morgan fingerprint density at radius 1 is 1.47 bits per heavy atom. The molecule has 1 atom stereocenters. The van der Waals surface area contributed by atoms with Gasteiger partial charge in [-0.05, 0) is 40.6 Å². The molecule has 0 saturated carbocycles. The van der Waals surface area contributed by atoms with Gasteiger partial charge in [0.15, 0.2) is 0 Å². The monoisotopic (exact) mass is 295 g/mol. The summed E-state index contributed by atoms with van der Waals surface area (Å²) >= 11 is 7.46. The van der Waals surface area contributed by atoms with Crippen molar-refractivity contribution in [3.05, 3.63) is 57.2 Å². The highest BCUT2D eigenvalue weighted by molar-refractivity contribution is 7.07. The van der Waals surface area contributed by atoms with E-state index in [-0.39, 0.29) is 12.0 Å². The Morgan fingerprint density at radius 3 is 2.95 bits per heavy atom. The van der Waals surface area contributed by atoms with Gasteiger partial charge in [0, 0.05) is 24.2 Å². The maximum atomic E-state index is 12.0. The first-order valence-corrected chi connectivity index (χ1v) is 7.11. The lowest BCUT2D eigenvalue weighted by atomic mass is 10.1. The van der Waals surface area contributed by atoms with E-state index in [4.69, 9.17) is 16.3 Å². The van der Waals surface area contributed by atoms with Crippen molar-refractivity contribution in [2.45, 2.75) is 6.10 Å². The van der Waals surface area contributed by atoms with Crippen LogP contribution in [0.5, 0.6) is 0 Å². The lowest BCUT2D eigenvalue weighted by Crippen LogP contribution is -2.28. The molecule has 0 radical (unpaired) electrons. The maximum absolute atomic E-state index is 12.0. The SMILES string of the molecule is COC(CNC(=O)c1cccc(Cl)c1)c1ccsc1. The van der Waals surface area contributed by atoms with Gasteiger partial charge in [0.05, 0.1) is 0 Å². The van der Waals surface area contributed by atoms with Crippen LogP contribution in [0.1, 0.15) is 22.0 Å². The minimum atomic E-state index is -0.153. The van der Waals surface area contributed by atoms with Gasteiger partial charge in [-0.3, -0.25) is 4.79 Å². The summed E-state index contributed by atoms with van der Waals surface area (Å²) in [7, 11) is 1.63. The Balaban J connectivity index is 1.96. The molecule has 0 aliphatic rings. The molecule has 100 valence electrons. The van der Waals surface area contributed by atoms with Gasteiger partial charge in [-0.15, -0.1) is 0 Å². The molecule has 0 aliphatic carbocycles. The van der Waals surface area contributed by atoms with Crippen molar-refractivity contribution in [2.75, 3.05) is 13.7 Å². The molecule has 1 heterocycles. The van der Waals surface area contributed by atoms with Crippen molar-refractivity contribution in [3.8, 4) is 0 Å². The minimum absolute atomic E-state index is 0.130. The summed E-state index contributed by atoms with van der Waals surface area (Å²) in [6, 6.07) is 8.85. The van der Waals surface area contributed by atoms with Gasteiger partial charge < -0.3 is 10.1 Å². The smallest absolute Gasteiger partial charge is 0.251 e. The number of hydrogen-bond acceptors (Lipinski definition) is 3. The number of carbonyl (C=O) groups is 1. The Hall–Kier alpha value is -1.36. The molecule has 0 saturated heterocycles. The van der Waals surface area contributed by atoms with Crippen LogP contribution in [-0.2, 0) is 4.74 Å². The molecule has 2 rings (SSSR count). The third kappa shape index (κ3) is 3.80. The van der Waals surface area contributed by atoms with Crippen molar-refractivity contribution in [3.63, 3.8) is 0 Å². The molecule has 1 unspecified atom stereocenters.